The van der Waals surface area contributed by atoms with Gasteiger partial charge in [-0.1, -0.05) is 0 Å². The van der Waals surface area contributed by atoms with Crippen LogP contribution in [0, 0.1) is 0 Å². The van der Waals surface area contributed by atoms with Gasteiger partial charge in [-0.25, -0.2) is 4.98 Å². The van der Waals surface area contributed by atoms with E-state index in [0.29, 0.717) is 19.1 Å². The molecular weight excluding hydrogens is 373 g/mol. The molecule has 0 bridgehead atoms. The number of halogens is 3. The quantitative estimate of drug-likeness (QED) is 0.444. The highest BCUT2D eigenvalue weighted by atomic mass is 19.4. The van der Waals surface area contributed by atoms with Crippen LogP contribution in [0.15, 0.2) is 23.3 Å². The van der Waals surface area contributed by atoms with Crippen molar-refractivity contribution in [3.05, 3.63) is 23.9 Å². The van der Waals surface area contributed by atoms with Crippen molar-refractivity contribution in [1.29, 1.82) is 0 Å². The van der Waals surface area contributed by atoms with E-state index >= 15 is 0 Å². The largest absolute Gasteiger partial charge is 0.419 e. The molecule has 7 nitrogen and oxygen atoms in total. The van der Waals surface area contributed by atoms with E-state index in [1.165, 1.54) is 12.3 Å². The molecule has 1 atom stereocenters. The van der Waals surface area contributed by atoms with Gasteiger partial charge in [0.2, 0.25) is 0 Å². The number of hydrogen-bond acceptors (Lipinski definition) is 5. The van der Waals surface area contributed by atoms with Crippen LogP contribution < -0.4 is 10.6 Å². The zero-order chi connectivity index (χ0) is 20.0. The van der Waals surface area contributed by atoms with Crippen LogP contribution in [-0.2, 0) is 10.9 Å². The Labute approximate surface area is 163 Å². The number of likely N-dealkylation sites (tertiary alicyclic amines) is 1. The SMILES string of the molecule is CN=C(NCCNc1ncccc1C(F)(F)F)N1CCC(N2CCOCC2)C1. The molecule has 1 aromatic heterocycles. The summed E-state index contributed by atoms with van der Waals surface area (Å²) >= 11 is 0. The van der Waals surface area contributed by atoms with E-state index in [1.54, 1.807) is 7.05 Å². The summed E-state index contributed by atoms with van der Waals surface area (Å²) < 4.78 is 44.4. The smallest absolute Gasteiger partial charge is 0.379 e. The fourth-order valence-electron chi connectivity index (χ4n) is 3.64. The van der Waals surface area contributed by atoms with Crippen LogP contribution in [0.1, 0.15) is 12.0 Å². The highest BCUT2D eigenvalue weighted by molar-refractivity contribution is 5.80. The summed E-state index contributed by atoms with van der Waals surface area (Å²) in [7, 11) is 1.72. The Morgan fingerprint density at radius 3 is 2.79 bits per heavy atom. The highest BCUT2D eigenvalue weighted by Crippen LogP contribution is 2.33. The number of pyridine rings is 1. The maximum Gasteiger partial charge on any atom is 0.419 e. The summed E-state index contributed by atoms with van der Waals surface area (Å²) in [6.07, 6.45) is -2.01. The minimum Gasteiger partial charge on any atom is -0.379 e. The number of aliphatic imine (C=N–C) groups is 1. The van der Waals surface area contributed by atoms with Crippen molar-refractivity contribution in [2.45, 2.75) is 18.6 Å². The Kier molecular flexibility index (Phi) is 6.95. The van der Waals surface area contributed by atoms with Gasteiger partial charge in [0.1, 0.15) is 5.82 Å². The second-order valence-electron chi connectivity index (χ2n) is 6.83. The van der Waals surface area contributed by atoms with Crippen molar-refractivity contribution >= 4 is 11.8 Å². The number of aromatic nitrogens is 1. The van der Waals surface area contributed by atoms with Crippen molar-refractivity contribution < 1.29 is 17.9 Å². The van der Waals surface area contributed by atoms with Crippen LogP contribution in [0.4, 0.5) is 19.0 Å². The first kappa shape index (κ1) is 20.7. The predicted molar refractivity (Wildman–Crippen MR) is 101 cm³/mol. The first-order chi connectivity index (χ1) is 13.5. The van der Waals surface area contributed by atoms with Crippen molar-refractivity contribution in [2.24, 2.45) is 4.99 Å². The molecule has 28 heavy (non-hydrogen) atoms. The van der Waals surface area contributed by atoms with Gasteiger partial charge in [0.15, 0.2) is 5.96 Å². The summed E-state index contributed by atoms with van der Waals surface area (Å²) in [5, 5.41) is 5.99. The molecule has 3 heterocycles. The molecule has 0 amide bonds. The minimum absolute atomic E-state index is 0.152. The molecule has 156 valence electrons. The lowest BCUT2D eigenvalue weighted by molar-refractivity contribution is -0.137. The third-order valence-corrected chi connectivity index (χ3v) is 5.05. The zero-order valence-electron chi connectivity index (χ0n) is 16.0. The van der Waals surface area contributed by atoms with Gasteiger partial charge in [-0.15, -0.1) is 0 Å². The van der Waals surface area contributed by atoms with Crippen molar-refractivity contribution in [1.82, 2.24) is 20.1 Å². The van der Waals surface area contributed by atoms with Gasteiger partial charge in [0, 0.05) is 58.6 Å². The third kappa shape index (κ3) is 5.26. The first-order valence-electron chi connectivity index (χ1n) is 9.52. The van der Waals surface area contributed by atoms with Crippen LogP contribution >= 0.6 is 0 Å². The number of nitrogens with zero attached hydrogens (tertiary/aromatic N) is 4. The molecule has 10 heteroatoms. The molecular formula is C18H27F3N6O. The molecule has 2 fully saturated rings. The van der Waals surface area contributed by atoms with E-state index in [9.17, 15) is 13.2 Å². The number of alkyl halides is 3. The van der Waals surface area contributed by atoms with Gasteiger partial charge >= 0.3 is 6.18 Å². The molecule has 2 N–H and O–H groups in total. The Morgan fingerprint density at radius 1 is 1.29 bits per heavy atom. The molecule has 2 aliphatic rings. The molecule has 0 saturated carbocycles. The number of anilines is 1. The van der Waals surface area contributed by atoms with Crippen LogP contribution in [0.5, 0.6) is 0 Å². The second-order valence-corrected chi connectivity index (χ2v) is 6.83. The Bertz CT molecular complexity index is 663. The Morgan fingerprint density at radius 2 is 2.07 bits per heavy atom. The van der Waals surface area contributed by atoms with E-state index < -0.39 is 11.7 Å². The number of guanidine groups is 1. The minimum atomic E-state index is -4.43. The summed E-state index contributed by atoms with van der Waals surface area (Å²) in [4.78, 5) is 12.8. The van der Waals surface area contributed by atoms with Crippen molar-refractivity contribution in [2.75, 3.05) is 64.8 Å². The van der Waals surface area contributed by atoms with Gasteiger partial charge in [-0.05, 0) is 18.6 Å². The molecule has 2 saturated heterocycles. The third-order valence-electron chi connectivity index (χ3n) is 5.05. The van der Waals surface area contributed by atoms with Gasteiger partial charge in [-0.3, -0.25) is 9.89 Å². The van der Waals surface area contributed by atoms with Gasteiger partial charge in [0.25, 0.3) is 0 Å². The second kappa shape index (κ2) is 9.42. The molecule has 0 radical (unpaired) electrons. The lowest BCUT2D eigenvalue weighted by atomic mass is 10.2. The van der Waals surface area contributed by atoms with Crippen LogP contribution in [0.2, 0.25) is 0 Å². The molecule has 2 aliphatic heterocycles. The number of morpholine rings is 1. The van der Waals surface area contributed by atoms with Gasteiger partial charge in [-0.2, -0.15) is 13.2 Å². The topological polar surface area (TPSA) is 65.0 Å². The lowest BCUT2D eigenvalue weighted by Crippen LogP contribution is -2.47. The van der Waals surface area contributed by atoms with E-state index in [1.807, 2.05) is 0 Å². The summed E-state index contributed by atoms with van der Waals surface area (Å²) in [5.41, 5.74) is -0.757. The van der Waals surface area contributed by atoms with Crippen molar-refractivity contribution in [3.8, 4) is 0 Å². The van der Waals surface area contributed by atoms with Crippen molar-refractivity contribution in [3.63, 3.8) is 0 Å². The summed E-state index contributed by atoms with van der Waals surface area (Å²) in [6.45, 7) is 6.03. The molecule has 1 aromatic rings. The molecule has 0 spiro atoms. The van der Waals surface area contributed by atoms with E-state index in [-0.39, 0.29) is 5.82 Å². The average molecular weight is 400 g/mol. The molecule has 3 rings (SSSR count). The Balaban J connectivity index is 1.45. The van der Waals surface area contributed by atoms with Gasteiger partial charge in [0.05, 0.1) is 18.8 Å². The number of hydrogen-bond donors (Lipinski definition) is 2. The zero-order valence-corrected chi connectivity index (χ0v) is 16.0. The van der Waals surface area contributed by atoms with Gasteiger partial charge < -0.3 is 20.3 Å². The number of rotatable bonds is 5. The maximum absolute atomic E-state index is 13.0. The molecule has 0 aliphatic carbocycles. The van der Waals surface area contributed by atoms with E-state index in [2.05, 4.69) is 30.4 Å². The fraction of sp³-hybridized carbons (Fsp3) is 0.667. The van der Waals surface area contributed by atoms with E-state index in [0.717, 1.165) is 57.8 Å². The van der Waals surface area contributed by atoms with E-state index in [4.69, 9.17) is 4.74 Å². The number of ether oxygens (including phenoxy) is 1. The normalized spacial score (nSPS) is 21.8. The van der Waals surface area contributed by atoms with Crippen LogP contribution in [0.3, 0.4) is 0 Å². The van der Waals surface area contributed by atoms with Crippen LogP contribution in [-0.4, -0.2) is 86.3 Å². The summed E-state index contributed by atoms with van der Waals surface area (Å²) in [5.74, 6) is 0.620. The maximum atomic E-state index is 13.0. The highest BCUT2D eigenvalue weighted by Gasteiger charge is 2.34. The fourth-order valence-corrected chi connectivity index (χ4v) is 3.64. The lowest BCUT2D eigenvalue weighted by Gasteiger charge is -2.32. The number of nitrogens with one attached hydrogen (secondary N) is 2. The standard InChI is InChI=1S/C18H27F3N6O/c1-22-17(27-8-4-14(13-27)26-9-11-28-12-10-26)25-7-6-24-16-15(18(19,20)21)3-2-5-23-16/h2-3,5,14H,4,6-13H2,1H3,(H,22,25)(H,23,24). The van der Waals surface area contributed by atoms with Crippen LogP contribution in [0.25, 0.3) is 0 Å². The molecule has 0 aromatic carbocycles. The Hall–Kier alpha value is -2.07. The average Bonchev–Trinajstić information content (AvgIpc) is 3.18. The summed E-state index contributed by atoms with van der Waals surface area (Å²) in [6, 6.07) is 2.80. The predicted octanol–water partition coefficient (Wildman–Crippen LogP) is 1.49. The first-order valence-corrected chi connectivity index (χ1v) is 9.52. The monoisotopic (exact) mass is 400 g/mol. The molecule has 1 unspecified atom stereocenters.